The van der Waals surface area contributed by atoms with E-state index in [1.54, 1.807) is 19.2 Å². The lowest BCUT2D eigenvalue weighted by Crippen LogP contribution is -1.96. The third-order valence-electron chi connectivity index (χ3n) is 5.03. The summed E-state index contributed by atoms with van der Waals surface area (Å²) >= 11 is 5.45. The van der Waals surface area contributed by atoms with Gasteiger partial charge in [-0.1, -0.05) is 36.5 Å². The molecule has 0 atom stereocenters. The predicted octanol–water partition coefficient (Wildman–Crippen LogP) is 6.68. The zero-order chi connectivity index (χ0) is 22.5. The van der Waals surface area contributed by atoms with E-state index in [1.165, 1.54) is 12.1 Å². The van der Waals surface area contributed by atoms with E-state index in [0.717, 1.165) is 33.7 Å². The molecule has 0 saturated carbocycles. The molecule has 0 fully saturated rings. The van der Waals surface area contributed by atoms with Gasteiger partial charge in [0.05, 0.1) is 12.7 Å². The summed E-state index contributed by atoms with van der Waals surface area (Å²) in [4.78, 5) is 3.15. The number of H-pyrrole nitrogens is 1. The van der Waals surface area contributed by atoms with E-state index in [1.807, 2.05) is 54.6 Å². The molecule has 6 heteroatoms. The predicted molar refractivity (Wildman–Crippen MR) is 124 cm³/mol. The first-order chi connectivity index (χ1) is 15.6. The Labute approximate surface area is 190 Å². The maximum Gasteiger partial charge on any atom is 0.123 e. The highest BCUT2D eigenvalue weighted by Crippen LogP contribution is 2.30. The monoisotopic (exact) mass is 442 g/mol. The van der Waals surface area contributed by atoms with Crippen LogP contribution in [0.15, 0.2) is 78.9 Å². The molecule has 0 spiro atoms. The van der Waals surface area contributed by atoms with Gasteiger partial charge in [0.25, 0.3) is 0 Å². The van der Waals surface area contributed by atoms with Crippen LogP contribution in [0.1, 0.15) is 11.1 Å². The number of benzene rings is 3. The van der Waals surface area contributed by atoms with Crippen LogP contribution < -0.4 is 9.47 Å². The average Bonchev–Trinajstić information content (AvgIpc) is 2.83. The van der Waals surface area contributed by atoms with E-state index in [-0.39, 0.29) is 5.82 Å². The molecule has 1 heterocycles. The van der Waals surface area contributed by atoms with Crippen molar-refractivity contribution in [2.45, 2.75) is 6.61 Å². The zero-order valence-corrected chi connectivity index (χ0v) is 18.1. The summed E-state index contributed by atoms with van der Waals surface area (Å²) in [6.07, 6.45) is 0. The van der Waals surface area contributed by atoms with Crippen LogP contribution in [0.25, 0.3) is 22.4 Å². The van der Waals surface area contributed by atoms with Crippen molar-refractivity contribution in [1.29, 1.82) is 5.26 Å². The van der Waals surface area contributed by atoms with Crippen molar-refractivity contribution in [3.05, 3.63) is 100 Å². The van der Waals surface area contributed by atoms with Gasteiger partial charge in [-0.15, -0.1) is 0 Å². The molecule has 0 amide bonds. The first-order valence-corrected chi connectivity index (χ1v) is 10.3. The lowest BCUT2D eigenvalue weighted by Gasteiger charge is -2.11. The first-order valence-electron chi connectivity index (χ1n) is 9.87. The number of methoxy groups -OCH3 is 1. The van der Waals surface area contributed by atoms with Gasteiger partial charge in [0, 0.05) is 11.3 Å². The van der Waals surface area contributed by atoms with Crippen molar-refractivity contribution < 1.29 is 13.9 Å². The van der Waals surface area contributed by atoms with E-state index in [4.69, 9.17) is 21.7 Å². The lowest BCUT2D eigenvalue weighted by atomic mass is 9.99. The highest BCUT2D eigenvalue weighted by atomic mass is 32.1. The van der Waals surface area contributed by atoms with Crippen LogP contribution in [-0.2, 0) is 6.61 Å². The van der Waals surface area contributed by atoms with Crippen LogP contribution in [0.5, 0.6) is 11.5 Å². The maximum atomic E-state index is 13.0. The summed E-state index contributed by atoms with van der Waals surface area (Å²) in [5.41, 5.74) is 4.65. The Morgan fingerprint density at radius 2 is 1.53 bits per heavy atom. The second-order valence-corrected chi connectivity index (χ2v) is 7.49. The summed E-state index contributed by atoms with van der Waals surface area (Å²) in [6.45, 7) is 0.348. The van der Waals surface area contributed by atoms with Crippen LogP contribution in [-0.4, -0.2) is 12.1 Å². The Morgan fingerprint density at radius 1 is 0.906 bits per heavy atom. The van der Waals surface area contributed by atoms with E-state index in [9.17, 15) is 9.65 Å². The van der Waals surface area contributed by atoms with Crippen LogP contribution in [0.2, 0.25) is 0 Å². The summed E-state index contributed by atoms with van der Waals surface area (Å²) in [5.74, 6) is 1.16. The van der Waals surface area contributed by atoms with Gasteiger partial charge in [-0.25, -0.2) is 4.39 Å². The molecule has 1 aromatic heterocycles. The normalized spacial score (nSPS) is 10.4. The number of aromatic nitrogens is 1. The van der Waals surface area contributed by atoms with Gasteiger partial charge in [0.1, 0.15) is 34.6 Å². The summed E-state index contributed by atoms with van der Waals surface area (Å²) < 4.78 is 24.4. The number of aromatic amines is 1. The second kappa shape index (κ2) is 9.46. The molecule has 0 aliphatic rings. The molecule has 32 heavy (non-hydrogen) atoms. The molecule has 0 saturated heterocycles. The fourth-order valence-electron chi connectivity index (χ4n) is 3.30. The largest absolute Gasteiger partial charge is 0.497 e. The summed E-state index contributed by atoms with van der Waals surface area (Å²) in [7, 11) is 1.61. The maximum absolute atomic E-state index is 13.0. The molecule has 0 aliphatic heterocycles. The van der Waals surface area contributed by atoms with Crippen LogP contribution in [0.4, 0.5) is 4.39 Å². The Bertz CT molecular complexity index is 1320. The highest BCUT2D eigenvalue weighted by Gasteiger charge is 2.11. The molecule has 0 aliphatic carbocycles. The number of nitriles is 1. The van der Waals surface area contributed by atoms with Gasteiger partial charge in [-0.3, -0.25) is 0 Å². The van der Waals surface area contributed by atoms with E-state index < -0.39 is 0 Å². The Balaban J connectivity index is 1.60. The average molecular weight is 443 g/mol. The molecular weight excluding hydrogens is 423 g/mol. The SMILES string of the molecule is COc1ccc(-c2cc(-c3ccc(OCc4ccc(F)cc4)cc3)[nH]c(=S)c2C#N)cc1. The number of hydrogen-bond donors (Lipinski definition) is 1. The molecule has 158 valence electrons. The molecule has 0 bridgehead atoms. The van der Waals surface area contributed by atoms with Gasteiger partial charge in [0.15, 0.2) is 0 Å². The standard InChI is InChI=1S/C26H19FN2O2S/c1-30-21-10-4-18(5-11-21)23-14-25(29-26(32)24(23)15-28)19-6-12-22(13-7-19)31-16-17-2-8-20(27)9-3-17/h2-14H,16H2,1H3,(H,29,32). The van der Waals surface area contributed by atoms with Gasteiger partial charge < -0.3 is 14.5 Å². The van der Waals surface area contributed by atoms with Crippen molar-refractivity contribution >= 4 is 12.2 Å². The number of nitrogens with zero attached hydrogens (tertiary/aromatic N) is 1. The zero-order valence-electron chi connectivity index (χ0n) is 17.3. The molecule has 1 N–H and O–H groups in total. The van der Waals surface area contributed by atoms with Gasteiger partial charge in [-0.05, 0) is 71.3 Å². The van der Waals surface area contributed by atoms with Crippen molar-refractivity contribution in [2.24, 2.45) is 0 Å². The quantitative estimate of drug-likeness (QED) is 0.339. The molecule has 4 rings (SSSR count). The molecule has 3 aromatic carbocycles. The summed E-state index contributed by atoms with van der Waals surface area (Å²) in [5, 5.41) is 9.63. The third kappa shape index (κ3) is 4.69. The highest BCUT2D eigenvalue weighted by molar-refractivity contribution is 7.71. The Hall–Kier alpha value is -3.95. The molecule has 0 unspecified atom stereocenters. The minimum atomic E-state index is -0.271. The second-order valence-electron chi connectivity index (χ2n) is 7.08. The fourth-order valence-corrected chi connectivity index (χ4v) is 3.57. The first kappa shape index (κ1) is 21.3. The van der Waals surface area contributed by atoms with Gasteiger partial charge in [-0.2, -0.15) is 5.26 Å². The number of pyridine rings is 1. The van der Waals surface area contributed by atoms with E-state index in [2.05, 4.69) is 11.1 Å². The molecule has 4 aromatic rings. The topological polar surface area (TPSA) is 58.0 Å². The minimum Gasteiger partial charge on any atom is -0.497 e. The Kier molecular flexibility index (Phi) is 6.29. The van der Waals surface area contributed by atoms with Crippen LogP contribution in [0, 0.1) is 21.8 Å². The number of nitrogens with one attached hydrogen (secondary N) is 1. The van der Waals surface area contributed by atoms with Gasteiger partial charge in [0.2, 0.25) is 0 Å². The number of halogens is 1. The Morgan fingerprint density at radius 3 is 2.16 bits per heavy atom. The number of ether oxygens (including phenoxy) is 2. The van der Waals surface area contributed by atoms with E-state index >= 15 is 0 Å². The minimum absolute atomic E-state index is 0.271. The third-order valence-corrected chi connectivity index (χ3v) is 5.34. The molecule has 4 nitrogen and oxygen atoms in total. The lowest BCUT2D eigenvalue weighted by molar-refractivity contribution is 0.306. The molecule has 0 radical (unpaired) electrons. The van der Waals surface area contributed by atoms with Gasteiger partial charge >= 0.3 is 0 Å². The smallest absolute Gasteiger partial charge is 0.123 e. The van der Waals surface area contributed by atoms with Crippen LogP contribution in [0.3, 0.4) is 0 Å². The van der Waals surface area contributed by atoms with E-state index in [0.29, 0.717) is 22.6 Å². The summed E-state index contributed by atoms with van der Waals surface area (Å²) in [6, 6.07) is 25.4. The van der Waals surface area contributed by atoms with Crippen molar-refractivity contribution in [1.82, 2.24) is 4.98 Å². The number of rotatable bonds is 6. The fraction of sp³-hybridized carbons (Fsp3) is 0.0769. The van der Waals surface area contributed by atoms with Crippen LogP contribution >= 0.6 is 12.2 Å². The van der Waals surface area contributed by atoms with Crippen molar-refractivity contribution in [3.63, 3.8) is 0 Å². The van der Waals surface area contributed by atoms with Crippen molar-refractivity contribution in [3.8, 4) is 40.0 Å². The molecular formula is C26H19FN2O2S. The van der Waals surface area contributed by atoms with Crippen molar-refractivity contribution in [2.75, 3.05) is 7.11 Å². The number of hydrogen-bond acceptors (Lipinski definition) is 4.